The molecule has 5 nitrogen and oxygen atoms in total. The number of hydrogen-bond donors (Lipinski definition) is 1. The molecule has 1 saturated carbocycles. The Labute approximate surface area is 125 Å². The highest BCUT2D eigenvalue weighted by atomic mass is 32.2. The van der Waals surface area contributed by atoms with E-state index in [4.69, 9.17) is 0 Å². The van der Waals surface area contributed by atoms with Gasteiger partial charge in [-0.2, -0.15) is 0 Å². The summed E-state index contributed by atoms with van der Waals surface area (Å²) in [5.41, 5.74) is 0.641. The maximum Gasteiger partial charge on any atom is 0.242 e. The van der Waals surface area contributed by atoms with E-state index in [1.54, 1.807) is 18.2 Å². The second-order valence-corrected chi connectivity index (χ2v) is 7.44. The predicted octanol–water partition coefficient (Wildman–Crippen LogP) is 1.69. The molecule has 1 aliphatic heterocycles. The summed E-state index contributed by atoms with van der Waals surface area (Å²) in [5.74, 6) is 0. The molecule has 0 bridgehead atoms. The Kier molecular flexibility index (Phi) is 3.99. The molecule has 0 spiro atoms. The zero-order valence-corrected chi connectivity index (χ0v) is 12.7. The molecular weight excluding hydrogens is 288 g/mol. The van der Waals surface area contributed by atoms with Gasteiger partial charge in [-0.05, 0) is 44.2 Å². The highest BCUT2D eigenvalue weighted by molar-refractivity contribution is 7.89. The number of para-hydroxylation sites is 1. The van der Waals surface area contributed by atoms with Gasteiger partial charge in [0.1, 0.15) is 11.2 Å². The number of sulfonamides is 1. The standard InChI is InChI=1S/C15H20N2O3S/c18-11-13-5-3-4-10-17(13)14-6-1-2-7-15(14)21(19,20)16-12-8-9-12/h1-2,6-7,11-13,16H,3-5,8-10H2. The second-order valence-electron chi connectivity index (χ2n) is 5.76. The van der Waals surface area contributed by atoms with E-state index in [0.717, 1.165) is 44.9 Å². The fraction of sp³-hybridized carbons (Fsp3) is 0.533. The van der Waals surface area contributed by atoms with Gasteiger partial charge in [0.25, 0.3) is 0 Å². The molecule has 114 valence electrons. The van der Waals surface area contributed by atoms with Crippen LogP contribution in [0.25, 0.3) is 0 Å². The van der Waals surface area contributed by atoms with Crippen LogP contribution in [0, 0.1) is 0 Å². The van der Waals surface area contributed by atoms with Gasteiger partial charge in [0.15, 0.2) is 0 Å². The number of piperidine rings is 1. The van der Waals surface area contributed by atoms with Crippen LogP contribution >= 0.6 is 0 Å². The molecule has 1 aliphatic carbocycles. The minimum Gasteiger partial charge on any atom is -0.361 e. The number of anilines is 1. The second kappa shape index (κ2) is 5.77. The Hall–Kier alpha value is -1.40. The van der Waals surface area contributed by atoms with E-state index in [9.17, 15) is 13.2 Å². The number of rotatable bonds is 5. The average Bonchev–Trinajstić information content (AvgIpc) is 3.30. The van der Waals surface area contributed by atoms with Gasteiger partial charge in [-0.3, -0.25) is 0 Å². The summed E-state index contributed by atoms with van der Waals surface area (Å²) in [5, 5.41) is 0. The van der Waals surface area contributed by atoms with Crippen molar-refractivity contribution in [2.24, 2.45) is 0 Å². The van der Waals surface area contributed by atoms with Crippen LogP contribution in [-0.4, -0.2) is 33.3 Å². The highest BCUT2D eigenvalue weighted by Crippen LogP contribution is 2.31. The van der Waals surface area contributed by atoms with Crippen LogP contribution in [0.4, 0.5) is 5.69 Å². The first-order valence-corrected chi connectivity index (χ1v) is 8.93. The van der Waals surface area contributed by atoms with E-state index in [0.29, 0.717) is 5.69 Å². The van der Waals surface area contributed by atoms with E-state index in [2.05, 4.69) is 4.72 Å². The monoisotopic (exact) mass is 308 g/mol. The number of aldehydes is 1. The summed E-state index contributed by atoms with van der Waals surface area (Å²) in [6.07, 6.45) is 5.51. The van der Waals surface area contributed by atoms with E-state index >= 15 is 0 Å². The Balaban J connectivity index is 1.96. The fourth-order valence-electron chi connectivity index (χ4n) is 2.80. The molecule has 0 aromatic heterocycles. The number of nitrogens with one attached hydrogen (secondary N) is 1. The first-order chi connectivity index (χ1) is 10.1. The van der Waals surface area contributed by atoms with Crippen LogP contribution in [-0.2, 0) is 14.8 Å². The largest absolute Gasteiger partial charge is 0.361 e. The summed E-state index contributed by atoms with van der Waals surface area (Å²) in [6, 6.07) is 6.81. The van der Waals surface area contributed by atoms with Crippen LogP contribution < -0.4 is 9.62 Å². The van der Waals surface area contributed by atoms with E-state index in [1.165, 1.54) is 0 Å². The smallest absolute Gasteiger partial charge is 0.242 e. The maximum absolute atomic E-state index is 12.5. The molecule has 1 N–H and O–H groups in total. The van der Waals surface area contributed by atoms with Gasteiger partial charge in [-0.15, -0.1) is 0 Å². The molecule has 1 heterocycles. The van der Waals surface area contributed by atoms with E-state index in [1.807, 2.05) is 11.0 Å². The maximum atomic E-state index is 12.5. The number of nitrogens with zero attached hydrogens (tertiary/aromatic N) is 1. The van der Waals surface area contributed by atoms with Crippen molar-refractivity contribution >= 4 is 22.0 Å². The normalized spacial score (nSPS) is 23.0. The molecule has 1 unspecified atom stereocenters. The molecule has 0 radical (unpaired) electrons. The van der Waals surface area contributed by atoms with Crippen molar-refractivity contribution in [3.05, 3.63) is 24.3 Å². The first kappa shape index (κ1) is 14.5. The minimum absolute atomic E-state index is 0.0753. The Morgan fingerprint density at radius 3 is 2.62 bits per heavy atom. The fourth-order valence-corrected chi connectivity index (χ4v) is 4.32. The molecule has 1 atom stereocenters. The van der Waals surface area contributed by atoms with Gasteiger partial charge < -0.3 is 9.69 Å². The topological polar surface area (TPSA) is 66.5 Å². The van der Waals surface area contributed by atoms with E-state index < -0.39 is 10.0 Å². The molecule has 0 amide bonds. The van der Waals surface area contributed by atoms with Gasteiger partial charge >= 0.3 is 0 Å². The highest BCUT2D eigenvalue weighted by Gasteiger charge is 2.32. The molecule has 1 saturated heterocycles. The van der Waals surface area contributed by atoms with Gasteiger partial charge in [0.2, 0.25) is 10.0 Å². The molecule has 1 aromatic rings. The van der Waals surface area contributed by atoms with Crippen molar-refractivity contribution in [1.29, 1.82) is 0 Å². The van der Waals surface area contributed by atoms with Crippen molar-refractivity contribution in [3.8, 4) is 0 Å². The first-order valence-electron chi connectivity index (χ1n) is 7.45. The summed E-state index contributed by atoms with van der Waals surface area (Å²) >= 11 is 0. The molecule has 1 aromatic carbocycles. The van der Waals surface area contributed by atoms with Gasteiger partial charge in [-0.25, -0.2) is 13.1 Å². The van der Waals surface area contributed by atoms with E-state index in [-0.39, 0.29) is 17.0 Å². The lowest BCUT2D eigenvalue weighted by molar-refractivity contribution is -0.109. The average molecular weight is 308 g/mol. The Morgan fingerprint density at radius 1 is 1.14 bits per heavy atom. The number of benzene rings is 1. The molecule has 2 aliphatic rings. The van der Waals surface area contributed by atoms with Gasteiger partial charge in [0.05, 0.1) is 11.7 Å². The van der Waals surface area contributed by atoms with Crippen molar-refractivity contribution in [2.45, 2.75) is 49.1 Å². The zero-order chi connectivity index (χ0) is 14.9. The van der Waals surface area contributed by atoms with Crippen molar-refractivity contribution in [1.82, 2.24) is 4.72 Å². The third-order valence-electron chi connectivity index (χ3n) is 4.07. The number of hydrogen-bond acceptors (Lipinski definition) is 4. The van der Waals surface area contributed by atoms with Crippen LogP contribution in [0.1, 0.15) is 32.1 Å². The van der Waals surface area contributed by atoms with Crippen molar-refractivity contribution in [3.63, 3.8) is 0 Å². The third kappa shape index (κ3) is 3.11. The lowest BCUT2D eigenvalue weighted by atomic mass is 10.0. The van der Waals surface area contributed by atoms with Crippen LogP contribution in [0.5, 0.6) is 0 Å². The Bertz CT molecular complexity index is 626. The third-order valence-corrected chi connectivity index (χ3v) is 5.64. The molecule has 21 heavy (non-hydrogen) atoms. The molecule has 3 rings (SSSR count). The Morgan fingerprint density at radius 2 is 1.90 bits per heavy atom. The summed E-state index contributed by atoms with van der Waals surface area (Å²) in [6.45, 7) is 0.722. The van der Waals surface area contributed by atoms with Crippen LogP contribution in [0.2, 0.25) is 0 Å². The van der Waals surface area contributed by atoms with Crippen molar-refractivity contribution in [2.75, 3.05) is 11.4 Å². The van der Waals surface area contributed by atoms with Gasteiger partial charge in [0, 0.05) is 12.6 Å². The van der Waals surface area contributed by atoms with Crippen LogP contribution in [0.3, 0.4) is 0 Å². The summed E-state index contributed by atoms with van der Waals surface area (Å²) in [7, 11) is -3.52. The lowest BCUT2D eigenvalue weighted by Gasteiger charge is -2.35. The zero-order valence-electron chi connectivity index (χ0n) is 11.9. The predicted molar refractivity (Wildman–Crippen MR) is 80.8 cm³/mol. The summed E-state index contributed by atoms with van der Waals surface area (Å²) < 4.78 is 27.7. The SMILES string of the molecule is O=CC1CCCCN1c1ccccc1S(=O)(=O)NC1CC1. The minimum atomic E-state index is -3.52. The summed E-state index contributed by atoms with van der Waals surface area (Å²) in [4.78, 5) is 13.5. The molecule has 6 heteroatoms. The van der Waals surface area contributed by atoms with Crippen LogP contribution in [0.15, 0.2) is 29.2 Å². The van der Waals surface area contributed by atoms with Gasteiger partial charge in [-0.1, -0.05) is 12.1 Å². The number of carbonyl (C=O) groups is 1. The number of carbonyl (C=O) groups excluding carboxylic acids is 1. The quantitative estimate of drug-likeness (QED) is 0.841. The van der Waals surface area contributed by atoms with Crippen molar-refractivity contribution < 1.29 is 13.2 Å². The molecular formula is C15H20N2O3S. The lowest BCUT2D eigenvalue weighted by Crippen LogP contribution is -2.41. The molecule has 2 fully saturated rings.